The second-order valence-corrected chi connectivity index (χ2v) is 8.41. The molecule has 0 aliphatic rings. The van der Waals surface area contributed by atoms with E-state index in [0.717, 1.165) is 23.1 Å². The molecule has 4 aromatic rings. The van der Waals surface area contributed by atoms with Gasteiger partial charge in [-0.2, -0.15) is 0 Å². The van der Waals surface area contributed by atoms with Crippen LogP contribution in [-0.2, 0) is 0 Å². The third kappa shape index (κ3) is 5.43. The van der Waals surface area contributed by atoms with Gasteiger partial charge in [0.25, 0.3) is 5.91 Å². The van der Waals surface area contributed by atoms with Gasteiger partial charge in [-0.15, -0.1) is 0 Å². The lowest BCUT2D eigenvalue weighted by molar-refractivity contribution is 0.0977. The number of hydrogen-bond donors (Lipinski definition) is 2. The molecule has 34 heavy (non-hydrogen) atoms. The fourth-order valence-corrected chi connectivity index (χ4v) is 3.78. The summed E-state index contributed by atoms with van der Waals surface area (Å²) in [5.74, 6) is 1.32. The summed E-state index contributed by atoms with van der Waals surface area (Å²) >= 11 is 5.35. The number of hydrogen-bond acceptors (Lipinski definition) is 5. The van der Waals surface area contributed by atoms with E-state index in [0.29, 0.717) is 35.4 Å². The van der Waals surface area contributed by atoms with Crippen LogP contribution in [-0.4, -0.2) is 22.6 Å². The molecule has 0 aliphatic heterocycles. The molecular formula is C27H27N3O3S. The Balaban J connectivity index is 1.46. The number of aromatic nitrogens is 1. The first-order chi connectivity index (χ1) is 16.5. The zero-order valence-electron chi connectivity index (χ0n) is 19.4. The Morgan fingerprint density at radius 1 is 1.09 bits per heavy atom. The maximum atomic E-state index is 12.6. The molecule has 2 N–H and O–H groups in total. The minimum Gasteiger partial charge on any atom is -0.494 e. The number of nitrogens with one attached hydrogen (secondary N) is 2. The molecule has 6 nitrogen and oxygen atoms in total. The van der Waals surface area contributed by atoms with Crippen molar-refractivity contribution in [3.05, 3.63) is 77.9 Å². The number of amides is 1. The number of ether oxygens (including phenoxy) is 1. The van der Waals surface area contributed by atoms with Crippen LogP contribution >= 0.6 is 12.2 Å². The highest BCUT2D eigenvalue weighted by molar-refractivity contribution is 7.80. The topological polar surface area (TPSA) is 76.4 Å². The number of nitrogens with zero attached hydrogens (tertiary/aromatic N) is 1. The van der Waals surface area contributed by atoms with Crippen LogP contribution in [0.25, 0.3) is 22.6 Å². The van der Waals surface area contributed by atoms with Crippen LogP contribution in [0.1, 0.15) is 49.0 Å². The molecular weight excluding hydrogens is 446 g/mol. The Bertz CT molecular complexity index is 1330. The second-order valence-electron chi connectivity index (χ2n) is 8.01. The van der Waals surface area contributed by atoms with Crippen LogP contribution in [0.3, 0.4) is 0 Å². The van der Waals surface area contributed by atoms with Gasteiger partial charge in [0.2, 0.25) is 5.89 Å². The van der Waals surface area contributed by atoms with Crippen molar-refractivity contribution in [2.24, 2.45) is 0 Å². The predicted molar refractivity (Wildman–Crippen MR) is 139 cm³/mol. The maximum Gasteiger partial charge on any atom is 0.257 e. The maximum absolute atomic E-state index is 12.6. The number of fused-ring (bicyclic) bond motifs is 1. The number of oxazole rings is 1. The van der Waals surface area contributed by atoms with E-state index < -0.39 is 0 Å². The molecule has 0 saturated heterocycles. The molecule has 7 heteroatoms. The Morgan fingerprint density at radius 3 is 2.71 bits per heavy atom. The van der Waals surface area contributed by atoms with E-state index in [1.165, 1.54) is 5.56 Å². The van der Waals surface area contributed by atoms with E-state index in [2.05, 4.69) is 41.6 Å². The smallest absolute Gasteiger partial charge is 0.257 e. The normalized spacial score (nSPS) is 11.7. The van der Waals surface area contributed by atoms with E-state index in [9.17, 15) is 4.79 Å². The van der Waals surface area contributed by atoms with Crippen molar-refractivity contribution in [3.8, 4) is 17.2 Å². The lowest BCUT2D eigenvalue weighted by Gasteiger charge is -2.11. The fraction of sp³-hybridized carbons (Fsp3) is 0.222. The van der Waals surface area contributed by atoms with Gasteiger partial charge in [0.15, 0.2) is 10.7 Å². The van der Waals surface area contributed by atoms with Gasteiger partial charge in [-0.25, -0.2) is 4.98 Å². The first-order valence-corrected chi connectivity index (χ1v) is 11.7. The monoisotopic (exact) mass is 473 g/mol. The standard InChI is InChI=1S/C27H27N3O3S/c1-4-17(3)18-12-13-24-23(16-18)29-26(33-24)20-9-6-10-21(14-20)28-27(34)30-25(31)19-8-7-11-22(15-19)32-5-2/h6-17H,4-5H2,1-3H3,(H2,28,30,31,34)/t17-/m0/s1. The Hall–Kier alpha value is -3.71. The zero-order chi connectivity index (χ0) is 24.1. The number of carbonyl (C=O) groups is 1. The van der Waals surface area contributed by atoms with Crippen molar-refractivity contribution < 1.29 is 13.9 Å². The average Bonchev–Trinajstić information content (AvgIpc) is 3.27. The molecule has 3 aromatic carbocycles. The fourth-order valence-electron chi connectivity index (χ4n) is 3.57. The summed E-state index contributed by atoms with van der Waals surface area (Å²) in [6.45, 7) is 6.80. The summed E-state index contributed by atoms with van der Waals surface area (Å²) in [5.41, 5.74) is 4.82. The summed E-state index contributed by atoms with van der Waals surface area (Å²) in [5, 5.41) is 5.95. The lowest BCUT2D eigenvalue weighted by Crippen LogP contribution is -2.34. The van der Waals surface area contributed by atoms with Gasteiger partial charge in [0.05, 0.1) is 6.61 Å². The number of thiocarbonyl (C=S) groups is 1. The van der Waals surface area contributed by atoms with Gasteiger partial charge in [0.1, 0.15) is 11.3 Å². The highest BCUT2D eigenvalue weighted by atomic mass is 32.1. The molecule has 1 atom stereocenters. The first-order valence-electron chi connectivity index (χ1n) is 11.3. The molecule has 0 saturated carbocycles. The number of carbonyl (C=O) groups excluding carboxylic acids is 1. The molecule has 0 spiro atoms. The van der Waals surface area contributed by atoms with Gasteiger partial charge >= 0.3 is 0 Å². The molecule has 0 unspecified atom stereocenters. The van der Waals surface area contributed by atoms with Crippen LogP contribution in [0.15, 0.2) is 71.1 Å². The van der Waals surface area contributed by atoms with E-state index in [4.69, 9.17) is 21.4 Å². The molecule has 1 heterocycles. The van der Waals surface area contributed by atoms with Gasteiger partial charge in [-0.05, 0) is 85.6 Å². The van der Waals surface area contributed by atoms with Crippen LogP contribution < -0.4 is 15.4 Å². The highest BCUT2D eigenvalue weighted by Gasteiger charge is 2.13. The third-order valence-corrected chi connectivity index (χ3v) is 5.80. The molecule has 0 bridgehead atoms. The minimum absolute atomic E-state index is 0.194. The van der Waals surface area contributed by atoms with Crippen molar-refractivity contribution in [3.63, 3.8) is 0 Å². The largest absolute Gasteiger partial charge is 0.494 e. The van der Waals surface area contributed by atoms with Gasteiger partial charge in [-0.1, -0.05) is 32.0 Å². The molecule has 174 valence electrons. The third-order valence-electron chi connectivity index (χ3n) is 5.59. The Kier molecular flexibility index (Phi) is 7.23. The SMILES string of the molecule is CCOc1cccc(C(=O)NC(=S)Nc2cccc(-c3nc4cc([C@@H](C)CC)ccc4o3)c2)c1. The summed E-state index contributed by atoms with van der Waals surface area (Å²) in [6.07, 6.45) is 1.07. The number of benzene rings is 3. The van der Waals surface area contributed by atoms with Crippen molar-refractivity contribution in [2.45, 2.75) is 33.1 Å². The van der Waals surface area contributed by atoms with Gasteiger partial charge in [0, 0.05) is 16.8 Å². The molecule has 0 fully saturated rings. The van der Waals surface area contributed by atoms with E-state index in [-0.39, 0.29) is 11.0 Å². The number of rotatable bonds is 7. The van der Waals surface area contributed by atoms with Crippen LogP contribution in [0.4, 0.5) is 5.69 Å². The van der Waals surface area contributed by atoms with E-state index in [1.54, 1.807) is 24.3 Å². The summed E-state index contributed by atoms with van der Waals surface area (Å²) in [7, 11) is 0. The molecule has 0 aliphatic carbocycles. The zero-order valence-corrected chi connectivity index (χ0v) is 20.2. The Morgan fingerprint density at radius 2 is 1.91 bits per heavy atom. The molecule has 0 radical (unpaired) electrons. The highest BCUT2D eigenvalue weighted by Crippen LogP contribution is 2.29. The predicted octanol–water partition coefficient (Wildman–Crippen LogP) is 6.53. The van der Waals surface area contributed by atoms with Gasteiger partial charge < -0.3 is 14.5 Å². The van der Waals surface area contributed by atoms with E-state index in [1.807, 2.05) is 37.3 Å². The molecule has 1 aromatic heterocycles. The molecule has 1 amide bonds. The van der Waals surface area contributed by atoms with Crippen LogP contribution in [0.2, 0.25) is 0 Å². The first kappa shape index (κ1) is 23.4. The average molecular weight is 474 g/mol. The summed E-state index contributed by atoms with van der Waals surface area (Å²) in [6, 6.07) is 20.7. The lowest BCUT2D eigenvalue weighted by atomic mass is 9.98. The van der Waals surface area contributed by atoms with Crippen LogP contribution in [0, 0.1) is 0 Å². The van der Waals surface area contributed by atoms with Crippen LogP contribution in [0.5, 0.6) is 5.75 Å². The van der Waals surface area contributed by atoms with Gasteiger partial charge in [-0.3, -0.25) is 10.1 Å². The van der Waals surface area contributed by atoms with Crippen molar-refractivity contribution in [1.82, 2.24) is 10.3 Å². The quantitative estimate of drug-likeness (QED) is 0.297. The second kappa shape index (κ2) is 10.5. The van der Waals surface area contributed by atoms with E-state index >= 15 is 0 Å². The van der Waals surface area contributed by atoms with Crippen molar-refractivity contribution >= 4 is 40.0 Å². The number of anilines is 1. The van der Waals surface area contributed by atoms with Crippen molar-refractivity contribution in [2.75, 3.05) is 11.9 Å². The summed E-state index contributed by atoms with van der Waals surface area (Å²) < 4.78 is 11.4. The summed E-state index contributed by atoms with van der Waals surface area (Å²) in [4.78, 5) is 17.3. The Labute approximate surface area is 204 Å². The van der Waals surface area contributed by atoms with Crippen molar-refractivity contribution in [1.29, 1.82) is 0 Å². The minimum atomic E-state index is -0.314. The molecule has 4 rings (SSSR count).